The van der Waals surface area contributed by atoms with E-state index in [1.165, 1.54) is 6.42 Å². The molecule has 0 aliphatic carbocycles. The Balaban J connectivity index is 2.42. The first kappa shape index (κ1) is 7.17. The number of rotatable bonds is 2. The Labute approximate surface area is 62.3 Å². The van der Waals surface area contributed by atoms with Crippen molar-refractivity contribution in [1.82, 2.24) is 4.90 Å². The average molecular weight is 135 g/mol. The lowest BCUT2D eigenvalue weighted by atomic mass is 10.1. The molecule has 0 aromatic carbocycles. The molecule has 1 heteroatoms. The summed E-state index contributed by atoms with van der Waals surface area (Å²) in [4.78, 5) is 2.22. The van der Waals surface area contributed by atoms with Gasteiger partial charge in [0.05, 0.1) is 0 Å². The Kier molecular flexibility index (Phi) is 2.35. The summed E-state index contributed by atoms with van der Waals surface area (Å²) < 4.78 is 0. The molecule has 1 unspecified atom stereocenters. The second-order valence-electron chi connectivity index (χ2n) is 2.61. The standard InChI is InChI=1S/C9H13N/c1-3-6-10-7-5-9(4-2)8-10/h4,6,9H,1-2,5,7-8H2. The zero-order valence-corrected chi connectivity index (χ0v) is 6.21. The van der Waals surface area contributed by atoms with Crippen molar-refractivity contribution in [1.29, 1.82) is 0 Å². The minimum absolute atomic E-state index is 0.671. The van der Waals surface area contributed by atoms with Gasteiger partial charge in [-0.2, -0.15) is 0 Å². The molecule has 54 valence electrons. The Morgan fingerprint density at radius 2 is 2.40 bits per heavy atom. The minimum atomic E-state index is 0.671. The van der Waals surface area contributed by atoms with Crippen LogP contribution in [-0.2, 0) is 0 Å². The molecule has 0 spiro atoms. The maximum absolute atomic E-state index is 3.76. The number of likely N-dealkylation sites (tertiary alicyclic amines) is 1. The van der Waals surface area contributed by atoms with E-state index in [0.717, 1.165) is 13.1 Å². The number of hydrogen-bond acceptors (Lipinski definition) is 1. The monoisotopic (exact) mass is 135 g/mol. The number of hydrogen-bond donors (Lipinski definition) is 0. The van der Waals surface area contributed by atoms with Gasteiger partial charge in [-0.15, -0.1) is 12.3 Å². The topological polar surface area (TPSA) is 3.24 Å². The third-order valence-corrected chi connectivity index (χ3v) is 1.86. The van der Waals surface area contributed by atoms with E-state index < -0.39 is 0 Å². The Bertz CT molecular complexity index is 166. The SMILES string of the molecule is C=C=CN1CCC(C=C)C1. The van der Waals surface area contributed by atoms with Crippen LogP contribution in [0.2, 0.25) is 0 Å². The fourth-order valence-electron chi connectivity index (χ4n) is 1.25. The molecule has 1 heterocycles. The second kappa shape index (κ2) is 3.28. The molecular weight excluding hydrogens is 122 g/mol. The van der Waals surface area contributed by atoms with Crippen molar-refractivity contribution in [2.24, 2.45) is 5.92 Å². The predicted molar refractivity (Wildman–Crippen MR) is 43.6 cm³/mol. The fourth-order valence-corrected chi connectivity index (χ4v) is 1.25. The quantitative estimate of drug-likeness (QED) is 0.412. The van der Waals surface area contributed by atoms with Crippen LogP contribution < -0.4 is 0 Å². The van der Waals surface area contributed by atoms with Crippen LogP contribution in [0.25, 0.3) is 0 Å². The van der Waals surface area contributed by atoms with E-state index in [1.807, 2.05) is 12.3 Å². The molecule has 0 saturated carbocycles. The highest BCUT2D eigenvalue weighted by atomic mass is 15.1. The number of nitrogens with zero attached hydrogens (tertiary/aromatic N) is 1. The van der Waals surface area contributed by atoms with Crippen molar-refractivity contribution in [2.45, 2.75) is 6.42 Å². The lowest BCUT2D eigenvalue weighted by Gasteiger charge is -2.08. The molecule has 1 aliphatic heterocycles. The van der Waals surface area contributed by atoms with Gasteiger partial charge in [-0.3, -0.25) is 0 Å². The summed E-state index contributed by atoms with van der Waals surface area (Å²) >= 11 is 0. The van der Waals surface area contributed by atoms with Crippen molar-refractivity contribution in [3.8, 4) is 0 Å². The summed E-state index contributed by atoms with van der Waals surface area (Å²) in [6, 6.07) is 0. The maximum Gasteiger partial charge on any atom is 0.0417 e. The van der Waals surface area contributed by atoms with Crippen molar-refractivity contribution >= 4 is 0 Å². The van der Waals surface area contributed by atoms with Crippen LogP contribution in [0, 0.1) is 5.92 Å². The molecule has 0 aromatic heterocycles. The van der Waals surface area contributed by atoms with E-state index >= 15 is 0 Å². The Morgan fingerprint density at radius 1 is 1.60 bits per heavy atom. The first-order valence-corrected chi connectivity index (χ1v) is 3.59. The van der Waals surface area contributed by atoms with Gasteiger partial charge in [0.2, 0.25) is 0 Å². The highest BCUT2D eigenvalue weighted by molar-refractivity contribution is 4.91. The van der Waals surface area contributed by atoms with E-state index in [0.29, 0.717) is 5.92 Å². The van der Waals surface area contributed by atoms with Gasteiger partial charge in [-0.1, -0.05) is 12.7 Å². The molecule has 0 radical (unpaired) electrons. The van der Waals surface area contributed by atoms with Gasteiger partial charge in [0.25, 0.3) is 0 Å². The molecule has 0 N–H and O–H groups in total. The molecule has 1 rings (SSSR count). The van der Waals surface area contributed by atoms with E-state index in [-0.39, 0.29) is 0 Å². The summed E-state index contributed by atoms with van der Waals surface area (Å²) in [6.45, 7) is 9.50. The molecule has 1 atom stereocenters. The molecule has 0 amide bonds. The Morgan fingerprint density at radius 3 is 2.90 bits per heavy atom. The van der Waals surface area contributed by atoms with Crippen molar-refractivity contribution in [3.05, 3.63) is 31.2 Å². The molecule has 0 bridgehead atoms. The molecule has 1 saturated heterocycles. The van der Waals surface area contributed by atoms with Gasteiger partial charge in [0, 0.05) is 19.3 Å². The van der Waals surface area contributed by atoms with Crippen LogP contribution in [0.3, 0.4) is 0 Å². The van der Waals surface area contributed by atoms with Gasteiger partial charge in [0.1, 0.15) is 0 Å². The molecule has 0 aromatic rings. The van der Waals surface area contributed by atoms with Crippen molar-refractivity contribution in [3.63, 3.8) is 0 Å². The zero-order chi connectivity index (χ0) is 7.40. The molecule has 1 nitrogen and oxygen atoms in total. The first-order chi connectivity index (χ1) is 4.86. The summed E-state index contributed by atoms with van der Waals surface area (Å²) in [5, 5.41) is 0. The second-order valence-corrected chi connectivity index (χ2v) is 2.61. The predicted octanol–water partition coefficient (Wildman–Crippen LogP) is 1.79. The first-order valence-electron chi connectivity index (χ1n) is 3.59. The van der Waals surface area contributed by atoms with Gasteiger partial charge >= 0.3 is 0 Å². The van der Waals surface area contributed by atoms with Crippen LogP contribution >= 0.6 is 0 Å². The van der Waals surface area contributed by atoms with Crippen molar-refractivity contribution < 1.29 is 0 Å². The van der Waals surface area contributed by atoms with E-state index in [2.05, 4.69) is 23.8 Å². The van der Waals surface area contributed by atoms with E-state index in [9.17, 15) is 0 Å². The Hall–Kier alpha value is -0.940. The van der Waals surface area contributed by atoms with Gasteiger partial charge in [0.15, 0.2) is 0 Å². The van der Waals surface area contributed by atoms with Crippen LogP contribution in [0.5, 0.6) is 0 Å². The highest BCUT2D eigenvalue weighted by Gasteiger charge is 2.16. The fraction of sp³-hybridized carbons (Fsp3) is 0.444. The summed E-state index contributed by atoms with van der Waals surface area (Å²) in [5.41, 5.74) is 2.77. The molecule has 1 aliphatic rings. The summed E-state index contributed by atoms with van der Waals surface area (Å²) in [6.07, 6.45) is 5.17. The smallest absolute Gasteiger partial charge is 0.0417 e. The summed E-state index contributed by atoms with van der Waals surface area (Å²) in [5.74, 6) is 0.671. The molecular formula is C9H13N. The maximum atomic E-state index is 3.76. The third kappa shape index (κ3) is 1.52. The van der Waals surface area contributed by atoms with Crippen LogP contribution in [0.1, 0.15) is 6.42 Å². The summed E-state index contributed by atoms with van der Waals surface area (Å²) in [7, 11) is 0. The largest absolute Gasteiger partial charge is 0.371 e. The minimum Gasteiger partial charge on any atom is -0.371 e. The van der Waals surface area contributed by atoms with E-state index in [4.69, 9.17) is 0 Å². The normalized spacial score (nSPS) is 24.0. The van der Waals surface area contributed by atoms with E-state index in [1.54, 1.807) is 0 Å². The molecule has 1 fully saturated rings. The van der Waals surface area contributed by atoms with Gasteiger partial charge in [-0.05, 0) is 12.3 Å². The highest BCUT2D eigenvalue weighted by Crippen LogP contribution is 2.16. The lowest BCUT2D eigenvalue weighted by Crippen LogP contribution is -2.11. The lowest BCUT2D eigenvalue weighted by molar-refractivity contribution is 0.457. The van der Waals surface area contributed by atoms with Crippen LogP contribution in [0.15, 0.2) is 31.2 Å². The molecule has 10 heavy (non-hydrogen) atoms. The van der Waals surface area contributed by atoms with Crippen molar-refractivity contribution in [2.75, 3.05) is 13.1 Å². The van der Waals surface area contributed by atoms with Crippen LogP contribution in [-0.4, -0.2) is 18.0 Å². The van der Waals surface area contributed by atoms with Crippen LogP contribution in [0.4, 0.5) is 0 Å². The average Bonchev–Trinajstić information content (AvgIpc) is 2.37. The third-order valence-electron chi connectivity index (χ3n) is 1.86. The zero-order valence-electron chi connectivity index (χ0n) is 6.21. The van der Waals surface area contributed by atoms with Gasteiger partial charge < -0.3 is 4.90 Å². The van der Waals surface area contributed by atoms with Gasteiger partial charge in [-0.25, -0.2) is 0 Å².